The van der Waals surface area contributed by atoms with Crippen LogP contribution in [0.2, 0.25) is 0 Å². The highest BCUT2D eigenvalue weighted by molar-refractivity contribution is 7.21. The molecule has 128 valence electrons. The number of rotatable bonds is 4. The number of anilines is 1. The van der Waals surface area contributed by atoms with E-state index in [1.807, 2.05) is 42.5 Å². The molecule has 0 radical (unpaired) electrons. The highest BCUT2D eigenvalue weighted by atomic mass is 35.5. The number of carbonyl (C=O) groups is 1. The molecule has 2 N–H and O–H groups in total. The predicted octanol–water partition coefficient (Wildman–Crippen LogP) is 5.59. The van der Waals surface area contributed by atoms with Gasteiger partial charge in [0.1, 0.15) is 20.8 Å². The maximum Gasteiger partial charge on any atom is 0.350 e. The van der Waals surface area contributed by atoms with Crippen molar-refractivity contribution >= 4 is 68.0 Å². The zero-order valence-electron chi connectivity index (χ0n) is 12.6. The van der Waals surface area contributed by atoms with Crippen LogP contribution >= 0.6 is 46.1 Å². The van der Waals surface area contributed by atoms with Gasteiger partial charge in [-0.1, -0.05) is 65.1 Å². The SMILES string of the molecule is Nc1c(C(=O)OCC(Cl)=C(Cl)Cl)sc2nc(-c3ccccc3)ccc12. The van der Waals surface area contributed by atoms with Gasteiger partial charge in [0.15, 0.2) is 0 Å². The van der Waals surface area contributed by atoms with Gasteiger partial charge in [0.05, 0.1) is 16.4 Å². The number of nitrogens with two attached hydrogens (primary N) is 1. The van der Waals surface area contributed by atoms with Crippen LogP contribution in [0.4, 0.5) is 5.69 Å². The number of esters is 1. The van der Waals surface area contributed by atoms with Crippen LogP contribution in [0, 0.1) is 0 Å². The van der Waals surface area contributed by atoms with Crippen molar-refractivity contribution in [1.29, 1.82) is 0 Å². The Morgan fingerprint density at radius 2 is 1.84 bits per heavy atom. The van der Waals surface area contributed by atoms with Crippen molar-refractivity contribution in [3.05, 3.63) is 56.9 Å². The zero-order chi connectivity index (χ0) is 18.0. The molecule has 25 heavy (non-hydrogen) atoms. The number of halogens is 3. The van der Waals surface area contributed by atoms with E-state index in [-0.39, 0.29) is 21.0 Å². The number of ether oxygens (including phenoxy) is 1. The first-order valence-corrected chi connectivity index (χ1v) is 9.03. The van der Waals surface area contributed by atoms with E-state index in [2.05, 4.69) is 4.98 Å². The Kier molecular flexibility index (Phi) is 5.49. The lowest BCUT2D eigenvalue weighted by molar-refractivity contribution is 0.0553. The Morgan fingerprint density at radius 1 is 1.12 bits per heavy atom. The van der Waals surface area contributed by atoms with E-state index in [1.165, 1.54) is 11.3 Å². The summed E-state index contributed by atoms with van der Waals surface area (Å²) in [7, 11) is 0. The first-order valence-electron chi connectivity index (χ1n) is 7.08. The number of nitrogen functional groups attached to an aromatic ring is 1. The van der Waals surface area contributed by atoms with Crippen molar-refractivity contribution < 1.29 is 9.53 Å². The van der Waals surface area contributed by atoms with Gasteiger partial charge in [0.2, 0.25) is 0 Å². The van der Waals surface area contributed by atoms with Gasteiger partial charge in [-0.15, -0.1) is 11.3 Å². The Balaban J connectivity index is 1.91. The molecule has 8 heteroatoms. The lowest BCUT2D eigenvalue weighted by Crippen LogP contribution is -2.07. The molecule has 2 heterocycles. The molecule has 4 nitrogen and oxygen atoms in total. The third kappa shape index (κ3) is 3.90. The molecule has 0 bridgehead atoms. The second kappa shape index (κ2) is 7.62. The Labute approximate surface area is 162 Å². The standard InChI is InChI=1S/C17H11Cl3N2O2S/c18-11(15(19)20)8-24-17(23)14-13(21)10-6-7-12(22-16(10)25-14)9-4-2-1-3-5-9/h1-7H,8,21H2. The van der Waals surface area contributed by atoms with E-state index < -0.39 is 5.97 Å². The van der Waals surface area contributed by atoms with Crippen LogP contribution in [-0.2, 0) is 4.74 Å². The zero-order valence-corrected chi connectivity index (χ0v) is 15.7. The number of benzene rings is 1. The smallest absolute Gasteiger partial charge is 0.350 e. The summed E-state index contributed by atoms with van der Waals surface area (Å²) >= 11 is 18.0. The molecule has 0 amide bonds. The average molecular weight is 414 g/mol. The van der Waals surface area contributed by atoms with Gasteiger partial charge in [-0.25, -0.2) is 9.78 Å². The van der Waals surface area contributed by atoms with E-state index in [4.69, 9.17) is 45.3 Å². The van der Waals surface area contributed by atoms with Crippen LogP contribution in [-0.4, -0.2) is 17.6 Å². The van der Waals surface area contributed by atoms with E-state index in [0.717, 1.165) is 11.3 Å². The summed E-state index contributed by atoms with van der Waals surface area (Å²) in [5.74, 6) is -0.602. The van der Waals surface area contributed by atoms with Gasteiger partial charge in [0, 0.05) is 10.9 Å². The molecule has 0 spiro atoms. The monoisotopic (exact) mass is 412 g/mol. The number of hydrogen-bond acceptors (Lipinski definition) is 5. The molecule has 1 aromatic carbocycles. The molecule has 0 aliphatic rings. The first kappa shape index (κ1) is 18.0. The largest absolute Gasteiger partial charge is 0.456 e. The van der Waals surface area contributed by atoms with Gasteiger partial charge >= 0.3 is 5.97 Å². The summed E-state index contributed by atoms with van der Waals surface area (Å²) in [6.45, 7) is -0.223. The summed E-state index contributed by atoms with van der Waals surface area (Å²) in [5, 5.41) is 0.745. The number of carbonyl (C=O) groups excluding carboxylic acids is 1. The van der Waals surface area contributed by atoms with E-state index in [1.54, 1.807) is 0 Å². The fraction of sp³-hybridized carbons (Fsp3) is 0.0588. The van der Waals surface area contributed by atoms with Crippen molar-refractivity contribution in [3.8, 4) is 11.3 Å². The van der Waals surface area contributed by atoms with Gasteiger partial charge in [-0.2, -0.15) is 0 Å². The van der Waals surface area contributed by atoms with Crippen molar-refractivity contribution in [3.63, 3.8) is 0 Å². The Bertz CT molecular complexity index is 967. The summed E-state index contributed by atoms with van der Waals surface area (Å²) in [6, 6.07) is 13.4. The number of thiophene rings is 1. The lowest BCUT2D eigenvalue weighted by Gasteiger charge is -2.03. The Morgan fingerprint density at radius 3 is 2.52 bits per heavy atom. The minimum absolute atomic E-state index is 0.0425. The minimum atomic E-state index is -0.602. The van der Waals surface area contributed by atoms with Crippen molar-refractivity contribution in [2.75, 3.05) is 12.3 Å². The number of fused-ring (bicyclic) bond motifs is 1. The maximum absolute atomic E-state index is 12.2. The third-order valence-corrected chi connectivity index (χ3v) is 5.43. The second-order valence-electron chi connectivity index (χ2n) is 5.00. The Hall–Kier alpha value is -1.79. The van der Waals surface area contributed by atoms with Crippen molar-refractivity contribution in [2.24, 2.45) is 0 Å². The number of aromatic nitrogens is 1. The van der Waals surface area contributed by atoms with Crippen molar-refractivity contribution in [2.45, 2.75) is 0 Å². The molecule has 0 saturated heterocycles. The van der Waals surface area contributed by atoms with E-state index >= 15 is 0 Å². The molecule has 0 unspecified atom stereocenters. The van der Waals surface area contributed by atoms with Crippen molar-refractivity contribution in [1.82, 2.24) is 4.98 Å². The summed E-state index contributed by atoms with van der Waals surface area (Å²) < 4.78 is 4.94. The minimum Gasteiger partial charge on any atom is -0.456 e. The van der Waals surface area contributed by atoms with Crippen LogP contribution in [0.15, 0.2) is 52.0 Å². The molecule has 0 saturated carbocycles. The van der Waals surface area contributed by atoms with Gasteiger partial charge < -0.3 is 10.5 Å². The van der Waals surface area contributed by atoms with Gasteiger partial charge in [-0.05, 0) is 12.1 Å². The molecule has 0 aliphatic carbocycles. The molecular formula is C17H11Cl3N2O2S. The lowest BCUT2D eigenvalue weighted by atomic mass is 10.1. The second-order valence-corrected chi connectivity index (χ2v) is 7.41. The average Bonchev–Trinajstić information content (AvgIpc) is 2.96. The highest BCUT2D eigenvalue weighted by Crippen LogP contribution is 2.34. The van der Waals surface area contributed by atoms with Gasteiger partial charge in [0.25, 0.3) is 0 Å². The number of pyridine rings is 1. The quantitative estimate of drug-likeness (QED) is 0.566. The first-order chi connectivity index (χ1) is 12.0. The van der Waals surface area contributed by atoms with Crippen LogP contribution < -0.4 is 5.73 Å². The van der Waals surface area contributed by atoms with Gasteiger partial charge in [-0.3, -0.25) is 0 Å². The maximum atomic E-state index is 12.2. The number of hydrogen-bond donors (Lipinski definition) is 1. The molecule has 2 aromatic heterocycles. The summed E-state index contributed by atoms with van der Waals surface area (Å²) in [6.07, 6.45) is 0. The molecular weight excluding hydrogens is 403 g/mol. The fourth-order valence-corrected chi connectivity index (χ4v) is 3.32. The van der Waals surface area contributed by atoms with E-state index in [9.17, 15) is 4.79 Å². The number of nitrogens with zero attached hydrogens (tertiary/aromatic N) is 1. The fourth-order valence-electron chi connectivity index (χ4n) is 2.17. The summed E-state index contributed by atoms with van der Waals surface area (Å²) in [4.78, 5) is 17.7. The topological polar surface area (TPSA) is 65.2 Å². The molecule has 0 fully saturated rings. The normalized spacial score (nSPS) is 10.7. The molecule has 0 aliphatic heterocycles. The molecule has 0 atom stereocenters. The summed E-state index contributed by atoms with van der Waals surface area (Å²) in [5.41, 5.74) is 8.18. The predicted molar refractivity (Wildman–Crippen MR) is 104 cm³/mol. The molecule has 3 aromatic rings. The highest BCUT2D eigenvalue weighted by Gasteiger charge is 2.19. The van der Waals surface area contributed by atoms with Crippen LogP contribution in [0.5, 0.6) is 0 Å². The third-order valence-electron chi connectivity index (χ3n) is 3.38. The molecule has 3 rings (SSSR count). The van der Waals surface area contributed by atoms with E-state index in [0.29, 0.717) is 15.9 Å². The van der Waals surface area contributed by atoms with Crippen LogP contribution in [0.3, 0.4) is 0 Å². The van der Waals surface area contributed by atoms with Crippen LogP contribution in [0.25, 0.3) is 21.5 Å². The van der Waals surface area contributed by atoms with Crippen LogP contribution in [0.1, 0.15) is 9.67 Å².